The van der Waals surface area contributed by atoms with Crippen LogP contribution in [0.5, 0.6) is 0 Å². The SMILES string of the molecule is CC1=CC=C2C1=C(C)C1=c3c(C)c4c(c(C)c3=CC1(C)C2C)C=CC4. The van der Waals surface area contributed by atoms with E-state index >= 15 is 0 Å². The van der Waals surface area contributed by atoms with Crippen molar-refractivity contribution < 1.29 is 0 Å². The van der Waals surface area contributed by atoms with Crippen molar-refractivity contribution in [1.82, 2.24) is 0 Å². The Hall–Kier alpha value is -2.08. The van der Waals surface area contributed by atoms with Gasteiger partial charge in [-0.1, -0.05) is 44.2 Å². The maximum absolute atomic E-state index is 2.59. The van der Waals surface area contributed by atoms with Crippen molar-refractivity contribution in [2.45, 2.75) is 48.0 Å². The first-order valence-electron chi connectivity index (χ1n) is 9.53. The molecule has 4 aliphatic rings. The minimum atomic E-state index is 0.106. The molecule has 0 aliphatic heterocycles. The van der Waals surface area contributed by atoms with E-state index in [9.17, 15) is 0 Å². The minimum Gasteiger partial charge on any atom is -0.0795 e. The predicted molar refractivity (Wildman–Crippen MR) is 108 cm³/mol. The summed E-state index contributed by atoms with van der Waals surface area (Å²) in [5.74, 6) is 0.520. The summed E-state index contributed by atoms with van der Waals surface area (Å²) in [7, 11) is 0. The van der Waals surface area contributed by atoms with Gasteiger partial charge in [0.25, 0.3) is 0 Å². The number of rotatable bonds is 0. The summed E-state index contributed by atoms with van der Waals surface area (Å²) in [5, 5.41) is 3.03. The maximum atomic E-state index is 2.59. The first kappa shape index (κ1) is 15.2. The van der Waals surface area contributed by atoms with E-state index in [2.05, 4.69) is 71.9 Å². The smallest absolute Gasteiger partial charge is 0.0188 e. The molecule has 0 heterocycles. The van der Waals surface area contributed by atoms with E-state index in [0.717, 1.165) is 6.42 Å². The van der Waals surface area contributed by atoms with Gasteiger partial charge < -0.3 is 0 Å². The lowest BCUT2D eigenvalue weighted by Crippen LogP contribution is -2.34. The number of hydrogen-bond acceptors (Lipinski definition) is 0. The highest BCUT2D eigenvalue weighted by Crippen LogP contribution is 2.55. The van der Waals surface area contributed by atoms with Crippen molar-refractivity contribution in [3.05, 3.63) is 73.2 Å². The number of benzene rings is 1. The number of fused-ring (bicyclic) bond motifs is 4. The van der Waals surface area contributed by atoms with Crippen LogP contribution in [0.3, 0.4) is 0 Å². The normalized spacial score (nSPS) is 28.4. The summed E-state index contributed by atoms with van der Waals surface area (Å²) >= 11 is 0. The lowest BCUT2D eigenvalue weighted by molar-refractivity contribution is 0.444. The molecule has 0 amide bonds. The Balaban J connectivity index is 2.01. The third-order valence-corrected chi connectivity index (χ3v) is 7.38. The molecule has 0 nitrogen and oxygen atoms in total. The Bertz CT molecular complexity index is 1110. The molecule has 0 aromatic heterocycles. The molecule has 0 bridgehead atoms. The molecule has 0 spiro atoms. The van der Waals surface area contributed by atoms with Gasteiger partial charge in [0.1, 0.15) is 0 Å². The summed E-state index contributed by atoms with van der Waals surface area (Å²) in [6.07, 6.45) is 13.0. The molecule has 1 aromatic rings. The van der Waals surface area contributed by atoms with E-state index in [1.807, 2.05) is 0 Å². The molecular formula is C25H26. The lowest BCUT2D eigenvalue weighted by Gasteiger charge is -2.41. The highest BCUT2D eigenvalue weighted by atomic mass is 14.5. The van der Waals surface area contributed by atoms with Crippen LogP contribution >= 0.6 is 0 Å². The molecule has 126 valence electrons. The average Bonchev–Trinajstić information content (AvgIpc) is 3.26. The second-order valence-electron chi connectivity index (χ2n) is 8.53. The largest absolute Gasteiger partial charge is 0.0795 e. The van der Waals surface area contributed by atoms with Crippen molar-refractivity contribution in [3.8, 4) is 0 Å². The molecule has 0 heteroatoms. The van der Waals surface area contributed by atoms with Gasteiger partial charge in [0.2, 0.25) is 0 Å². The third kappa shape index (κ3) is 1.59. The van der Waals surface area contributed by atoms with Crippen LogP contribution < -0.4 is 10.4 Å². The Kier molecular flexibility index (Phi) is 2.77. The Labute approximate surface area is 150 Å². The second-order valence-corrected chi connectivity index (χ2v) is 8.53. The monoisotopic (exact) mass is 326 g/mol. The van der Waals surface area contributed by atoms with Crippen molar-refractivity contribution in [3.63, 3.8) is 0 Å². The van der Waals surface area contributed by atoms with Crippen LogP contribution in [0.4, 0.5) is 0 Å². The molecule has 0 radical (unpaired) electrons. The molecule has 25 heavy (non-hydrogen) atoms. The molecule has 5 rings (SSSR count). The van der Waals surface area contributed by atoms with Crippen molar-refractivity contribution in [1.29, 1.82) is 0 Å². The summed E-state index contributed by atoms with van der Waals surface area (Å²) in [6.45, 7) is 14.2. The maximum Gasteiger partial charge on any atom is 0.0188 e. The first-order valence-corrected chi connectivity index (χ1v) is 9.53. The molecular weight excluding hydrogens is 300 g/mol. The first-order chi connectivity index (χ1) is 11.9. The van der Waals surface area contributed by atoms with Gasteiger partial charge in [0, 0.05) is 5.41 Å². The fraction of sp³-hybridized carbons (Fsp3) is 0.360. The average molecular weight is 326 g/mol. The Morgan fingerprint density at radius 1 is 1.04 bits per heavy atom. The molecule has 0 fully saturated rings. The molecule has 0 saturated heterocycles. The molecule has 0 saturated carbocycles. The van der Waals surface area contributed by atoms with Crippen LogP contribution in [-0.2, 0) is 6.42 Å². The molecule has 2 unspecified atom stereocenters. The third-order valence-electron chi connectivity index (χ3n) is 7.38. The number of allylic oxidation sites excluding steroid dienone is 7. The topological polar surface area (TPSA) is 0 Å². The van der Waals surface area contributed by atoms with Crippen molar-refractivity contribution >= 4 is 17.7 Å². The van der Waals surface area contributed by atoms with E-state index in [1.165, 1.54) is 49.4 Å². The van der Waals surface area contributed by atoms with Gasteiger partial charge >= 0.3 is 0 Å². The summed E-state index contributed by atoms with van der Waals surface area (Å²) in [6, 6.07) is 0. The fourth-order valence-electron chi connectivity index (χ4n) is 5.90. The van der Waals surface area contributed by atoms with Gasteiger partial charge in [-0.05, 0) is 101 Å². The number of hydrogen-bond donors (Lipinski definition) is 0. The molecule has 0 N–H and O–H groups in total. The van der Waals surface area contributed by atoms with Crippen LogP contribution in [0.15, 0.2) is 40.5 Å². The molecule has 4 aliphatic carbocycles. The van der Waals surface area contributed by atoms with E-state index in [1.54, 1.807) is 11.1 Å². The van der Waals surface area contributed by atoms with E-state index in [0.29, 0.717) is 5.92 Å². The Morgan fingerprint density at radius 3 is 2.56 bits per heavy atom. The van der Waals surface area contributed by atoms with Crippen molar-refractivity contribution in [2.75, 3.05) is 0 Å². The summed E-state index contributed by atoms with van der Waals surface area (Å²) in [4.78, 5) is 0. The van der Waals surface area contributed by atoms with Gasteiger partial charge in [-0.25, -0.2) is 0 Å². The van der Waals surface area contributed by atoms with Crippen LogP contribution in [0, 0.1) is 25.2 Å². The quantitative estimate of drug-likeness (QED) is 0.649. The fourth-order valence-corrected chi connectivity index (χ4v) is 5.90. The van der Waals surface area contributed by atoms with Crippen LogP contribution in [0.2, 0.25) is 0 Å². The minimum absolute atomic E-state index is 0.106. The molecule has 2 atom stereocenters. The zero-order valence-electron chi connectivity index (χ0n) is 16.2. The van der Waals surface area contributed by atoms with Crippen LogP contribution in [0.1, 0.15) is 49.9 Å². The van der Waals surface area contributed by atoms with Crippen molar-refractivity contribution in [2.24, 2.45) is 11.3 Å². The highest BCUT2D eigenvalue weighted by Gasteiger charge is 2.45. The van der Waals surface area contributed by atoms with Crippen LogP contribution in [-0.4, -0.2) is 0 Å². The lowest BCUT2D eigenvalue weighted by atomic mass is 9.62. The summed E-state index contributed by atoms with van der Waals surface area (Å²) in [5.41, 5.74) is 13.7. The second kappa shape index (κ2) is 4.55. The molecule has 1 aromatic carbocycles. The zero-order chi connectivity index (χ0) is 17.7. The van der Waals surface area contributed by atoms with E-state index in [4.69, 9.17) is 0 Å². The van der Waals surface area contributed by atoms with Gasteiger partial charge in [-0.3, -0.25) is 0 Å². The van der Waals surface area contributed by atoms with Crippen LogP contribution in [0.25, 0.3) is 17.7 Å². The zero-order valence-corrected chi connectivity index (χ0v) is 16.2. The highest BCUT2D eigenvalue weighted by molar-refractivity contribution is 5.88. The van der Waals surface area contributed by atoms with E-state index < -0.39 is 0 Å². The van der Waals surface area contributed by atoms with Gasteiger partial charge in [-0.15, -0.1) is 0 Å². The Morgan fingerprint density at radius 2 is 1.80 bits per heavy atom. The van der Waals surface area contributed by atoms with Gasteiger partial charge in [-0.2, -0.15) is 0 Å². The van der Waals surface area contributed by atoms with Gasteiger partial charge in [0.15, 0.2) is 0 Å². The summed E-state index contributed by atoms with van der Waals surface area (Å²) < 4.78 is 0. The van der Waals surface area contributed by atoms with E-state index in [-0.39, 0.29) is 5.41 Å². The van der Waals surface area contributed by atoms with Gasteiger partial charge in [0.05, 0.1) is 0 Å². The predicted octanol–water partition coefficient (Wildman–Crippen LogP) is 4.68. The standard InChI is InChI=1S/C25H26/c1-13-10-11-20-17(5)25(6)12-21-14(2)18-8-7-9-19(18)15(3)23(21)24(25)16(4)22(13)20/h7-8,10-12,17H,9H2,1-6H3.